The lowest BCUT2D eigenvalue weighted by molar-refractivity contribution is -0.145. The summed E-state index contributed by atoms with van der Waals surface area (Å²) >= 11 is 3.23. The van der Waals surface area contributed by atoms with Crippen LogP contribution in [0.15, 0.2) is 22.7 Å². The van der Waals surface area contributed by atoms with Crippen molar-refractivity contribution in [1.82, 2.24) is 0 Å². The van der Waals surface area contributed by atoms with Gasteiger partial charge < -0.3 is 14.7 Å². The number of halogens is 1. The summed E-state index contributed by atoms with van der Waals surface area (Å²) in [4.78, 5) is 36.4. The summed E-state index contributed by atoms with van der Waals surface area (Å²) in [6.45, 7) is 1.76. The third kappa shape index (κ3) is 3.14. The van der Waals surface area contributed by atoms with Crippen molar-refractivity contribution in [3.63, 3.8) is 0 Å². The Morgan fingerprint density at radius 2 is 2.14 bits per heavy atom. The monoisotopic (exact) mass is 355 g/mol. The first-order valence-corrected chi connectivity index (χ1v) is 7.23. The number of carbonyl (C=O) groups excluding carboxylic acids is 3. The molecule has 1 N–H and O–H groups in total. The van der Waals surface area contributed by atoms with Gasteiger partial charge in [-0.1, -0.05) is 6.07 Å². The Morgan fingerprint density at radius 1 is 1.43 bits per heavy atom. The number of β-amino-alcohol motifs (C(OH)–C–C–N with tert-alkyl or cyclic N) is 1. The van der Waals surface area contributed by atoms with Crippen LogP contribution in [-0.4, -0.2) is 42.0 Å². The molecule has 1 aliphatic heterocycles. The lowest BCUT2D eigenvalue weighted by atomic mass is 10.1. The van der Waals surface area contributed by atoms with E-state index in [0.29, 0.717) is 10.2 Å². The molecule has 112 valence electrons. The summed E-state index contributed by atoms with van der Waals surface area (Å²) in [6.07, 6.45) is -1.32. The molecule has 1 aromatic rings. The van der Waals surface area contributed by atoms with Crippen LogP contribution < -0.4 is 4.90 Å². The molecule has 7 heteroatoms. The van der Waals surface area contributed by atoms with Crippen molar-refractivity contribution >= 4 is 39.3 Å². The molecule has 0 saturated carbocycles. The van der Waals surface area contributed by atoms with Gasteiger partial charge in [-0.3, -0.25) is 14.4 Å². The Morgan fingerprint density at radius 3 is 2.81 bits per heavy atom. The van der Waals surface area contributed by atoms with Gasteiger partial charge in [0.2, 0.25) is 0 Å². The van der Waals surface area contributed by atoms with Gasteiger partial charge in [-0.15, -0.1) is 0 Å². The predicted molar refractivity (Wildman–Crippen MR) is 78.1 cm³/mol. The van der Waals surface area contributed by atoms with Gasteiger partial charge in [-0.2, -0.15) is 0 Å². The van der Waals surface area contributed by atoms with E-state index in [2.05, 4.69) is 15.9 Å². The van der Waals surface area contributed by atoms with E-state index in [-0.39, 0.29) is 25.1 Å². The number of anilines is 1. The van der Waals surface area contributed by atoms with Crippen LogP contribution in [0.25, 0.3) is 0 Å². The molecule has 0 aromatic heterocycles. The number of hydrogen-bond acceptors (Lipinski definition) is 5. The van der Waals surface area contributed by atoms with Crippen LogP contribution in [0, 0.1) is 0 Å². The number of carbonyl (C=O) groups is 3. The van der Waals surface area contributed by atoms with Gasteiger partial charge in [0.25, 0.3) is 11.7 Å². The summed E-state index contributed by atoms with van der Waals surface area (Å²) in [5.41, 5.74) is 0.716. The number of amides is 1. The average Bonchev–Trinajstić information content (AvgIpc) is 2.65. The number of aliphatic hydroxyl groups is 1. The molecule has 0 fully saturated rings. The van der Waals surface area contributed by atoms with Crippen LogP contribution in [0.3, 0.4) is 0 Å². The number of aliphatic hydroxyl groups excluding tert-OH is 1. The first-order valence-electron chi connectivity index (χ1n) is 6.44. The van der Waals surface area contributed by atoms with E-state index in [1.54, 1.807) is 25.1 Å². The van der Waals surface area contributed by atoms with E-state index in [1.807, 2.05) is 0 Å². The number of Topliss-reactive ketones (excluding diaryl/α,β-unsaturated/α-hetero) is 1. The number of ketones is 1. The fourth-order valence-corrected chi connectivity index (χ4v) is 2.71. The van der Waals surface area contributed by atoms with Gasteiger partial charge in [0.05, 0.1) is 36.9 Å². The lowest BCUT2D eigenvalue weighted by Gasteiger charge is -2.20. The molecule has 1 unspecified atom stereocenters. The first kappa shape index (κ1) is 15.7. The van der Waals surface area contributed by atoms with Crippen molar-refractivity contribution in [2.24, 2.45) is 0 Å². The highest BCUT2D eigenvalue weighted by atomic mass is 79.9. The van der Waals surface area contributed by atoms with Gasteiger partial charge in [-0.05, 0) is 35.0 Å². The molecule has 1 aromatic carbocycles. The maximum atomic E-state index is 12.0. The third-order valence-electron chi connectivity index (χ3n) is 3.05. The quantitative estimate of drug-likeness (QED) is 0.635. The smallest absolute Gasteiger partial charge is 0.308 e. The second-order valence-electron chi connectivity index (χ2n) is 4.54. The molecule has 0 aliphatic carbocycles. The van der Waals surface area contributed by atoms with Crippen LogP contribution in [0.4, 0.5) is 5.69 Å². The van der Waals surface area contributed by atoms with Crippen LogP contribution in [0.5, 0.6) is 0 Å². The van der Waals surface area contributed by atoms with Crippen molar-refractivity contribution in [1.29, 1.82) is 0 Å². The molecule has 6 nitrogen and oxygen atoms in total. The summed E-state index contributed by atoms with van der Waals surface area (Å²) in [7, 11) is 0. The fourth-order valence-electron chi connectivity index (χ4n) is 2.17. The van der Waals surface area contributed by atoms with Crippen LogP contribution in [0.2, 0.25) is 0 Å². The second-order valence-corrected chi connectivity index (χ2v) is 5.40. The number of benzene rings is 1. The van der Waals surface area contributed by atoms with E-state index in [0.717, 1.165) is 0 Å². The van der Waals surface area contributed by atoms with Crippen LogP contribution in [0.1, 0.15) is 23.7 Å². The SMILES string of the molecule is CCOC(=O)CC(O)CN1C(=O)C(=O)c2c(Br)cccc21. The minimum Gasteiger partial charge on any atom is -0.466 e. The van der Waals surface area contributed by atoms with Gasteiger partial charge in [0, 0.05) is 4.47 Å². The Labute approximate surface area is 129 Å². The molecule has 0 bridgehead atoms. The zero-order valence-electron chi connectivity index (χ0n) is 11.3. The Bertz CT molecular complexity index is 601. The van der Waals surface area contributed by atoms with E-state index in [1.165, 1.54) is 4.90 Å². The minimum absolute atomic E-state index is 0.132. The van der Waals surface area contributed by atoms with E-state index >= 15 is 0 Å². The molecule has 21 heavy (non-hydrogen) atoms. The zero-order valence-corrected chi connectivity index (χ0v) is 12.9. The summed E-state index contributed by atoms with van der Waals surface area (Å²) in [5, 5.41) is 9.89. The largest absolute Gasteiger partial charge is 0.466 e. The molecule has 0 saturated heterocycles. The Hall–Kier alpha value is -1.73. The highest BCUT2D eigenvalue weighted by molar-refractivity contribution is 9.10. The van der Waals surface area contributed by atoms with Crippen LogP contribution >= 0.6 is 15.9 Å². The van der Waals surface area contributed by atoms with Gasteiger partial charge >= 0.3 is 5.97 Å². The van der Waals surface area contributed by atoms with E-state index in [4.69, 9.17) is 4.74 Å². The molecule has 1 amide bonds. The number of fused-ring (bicyclic) bond motifs is 1. The maximum absolute atomic E-state index is 12.0. The molecular weight excluding hydrogens is 342 g/mol. The second kappa shape index (κ2) is 6.36. The van der Waals surface area contributed by atoms with Crippen molar-refractivity contribution in [3.05, 3.63) is 28.2 Å². The van der Waals surface area contributed by atoms with E-state index < -0.39 is 23.8 Å². The van der Waals surface area contributed by atoms with E-state index in [9.17, 15) is 19.5 Å². The van der Waals surface area contributed by atoms with Crippen molar-refractivity contribution in [2.45, 2.75) is 19.4 Å². The third-order valence-corrected chi connectivity index (χ3v) is 3.71. The molecule has 1 heterocycles. The Balaban J connectivity index is 2.15. The number of rotatable bonds is 5. The Kier molecular flexibility index (Phi) is 4.74. The van der Waals surface area contributed by atoms with Crippen molar-refractivity contribution in [2.75, 3.05) is 18.1 Å². The lowest BCUT2D eigenvalue weighted by Crippen LogP contribution is -2.37. The highest BCUT2D eigenvalue weighted by Crippen LogP contribution is 2.34. The summed E-state index contributed by atoms with van der Waals surface area (Å²) in [6, 6.07) is 4.99. The highest BCUT2D eigenvalue weighted by Gasteiger charge is 2.38. The summed E-state index contributed by atoms with van der Waals surface area (Å²) < 4.78 is 5.27. The standard InChI is InChI=1S/C14H14BrNO5/c1-2-21-11(18)6-8(17)7-16-10-5-3-4-9(15)12(10)13(19)14(16)20/h3-5,8,17H,2,6-7H2,1H3. The van der Waals surface area contributed by atoms with Crippen molar-refractivity contribution < 1.29 is 24.2 Å². The van der Waals surface area contributed by atoms with Gasteiger partial charge in [-0.25, -0.2) is 0 Å². The molecule has 2 rings (SSSR count). The molecule has 1 aliphatic rings. The predicted octanol–water partition coefficient (Wildman–Crippen LogP) is 1.29. The summed E-state index contributed by atoms with van der Waals surface area (Å²) in [5.74, 6) is -1.88. The fraction of sp³-hybridized carbons (Fsp3) is 0.357. The van der Waals surface area contributed by atoms with Gasteiger partial charge in [0.15, 0.2) is 0 Å². The molecule has 1 atom stereocenters. The maximum Gasteiger partial charge on any atom is 0.308 e. The molecule has 0 spiro atoms. The average molecular weight is 356 g/mol. The van der Waals surface area contributed by atoms with Gasteiger partial charge in [0.1, 0.15) is 0 Å². The van der Waals surface area contributed by atoms with Crippen LogP contribution in [-0.2, 0) is 14.3 Å². The zero-order chi connectivity index (χ0) is 15.6. The number of nitrogens with zero attached hydrogens (tertiary/aromatic N) is 1. The molecular formula is C14H14BrNO5. The number of esters is 1. The first-order chi connectivity index (χ1) is 9.95. The topological polar surface area (TPSA) is 83.9 Å². The molecule has 0 radical (unpaired) electrons. The normalized spacial score (nSPS) is 15.1. The number of ether oxygens (including phenoxy) is 1. The number of hydrogen-bond donors (Lipinski definition) is 1. The van der Waals surface area contributed by atoms with Crippen molar-refractivity contribution in [3.8, 4) is 0 Å². The minimum atomic E-state index is -1.09.